The molecule has 15 nitrogen and oxygen atoms in total. The number of hydrogen-bond acceptors (Lipinski definition) is 11. The van der Waals surface area contributed by atoms with E-state index in [9.17, 15) is 18.9 Å². The van der Waals surface area contributed by atoms with Gasteiger partial charge in [-0.3, -0.25) is 18.7 Å². The van der Waals surface area contributed by atoms with Crippen molar-refractivity contribution in [2.75, 3.05) is 63.1 Å². The van der Waals surface area contributed by atoms with Gasteiger partial charge in [0.1, 0.15) is 5.52 Å². The molecule has 0 radical (unpaired) electrons. The Morgan fingerprint density at radius 3 is 1.37 bits per heavy atom. The van der Waals surface area contributed by atoms with Gasteiger partial charge in [-0.25, -0.2) is 4.79 Å². The molecule has 0 fully saturated rings. The van der Waals surface area contributed by atoms with Gasteiger partial charge in [0.25, 0.3) is 5.91 Å². The predicted molar refractivity (Wildman–Crippen MR) is 357 cm³/mol. The van der Waals surface area contributed by atoms with Crippen molar-refractivity contribution in [1.29, 1.82) is 0 Å². The highest BCUT2D eigenvalue weighted by Crippen LogP contribution is 2.48. The molecule has 484 valence electrons. The first-order chi connectivity index (χ1) is 41.1. The minimum absolute atomic E-state index is 0.0902. The molecule has 16 heteroatoms. The third-order valence-electron chi connectivity index (χ3n) is 15.9. The van der Waals surface area contributed by atoms with Crippen molar-refractivity contribution >= 4 is 42.3 Å². The number of nitrogens with two attached hydrogens (primary N) is 1. The van der Waals surface area contributed by atoms with E-state index < -0.39 is 7.60 Å². The molecule has 0 spiro atoms. The lowest BCUT2D eigenvalue weighted by atomic mass is 10.0. The predicted octanol–water partition coefficient (Wildman–Crippen LogP) is 17.9. The zero-order valence-corrected chi connectivity index (χ0v) is 55.4. The quantitative estimate of drug-likeness (QED) is 0.0231. The van der Waals surface area contributed by atoms with Gasteiger partial charge < -0.3 is 41.0 Å². The topological polar surface area (TPSA) is 207 Å². The summed E-state index contributed by atoms with van der Waals surface area (Å²) in [6.07, 6.45) is 54.4. The number of H-pyrrole nitrogens is 1. The fourth-order valence-electron chi connectivity index (χ4n) is 10.4. The first-order valence-electron chi connectivity index (χ1n) is 34.8. The lowest BCUT2D eigenvalue weighted by Crippen LogP contribution is -2.37. The van der Waals surface area contributed by atoms with Crippen LogP contribution >= 0.6 is 7.60 Å². The Bertz CT molecular complexity index is 2100. The van der Waals surface area contributed by atoms with E-state index in [-0.39, 0.29) is 36.4 Å². The summed E-state index contributed by atoms with van der Waals surface area (Å²) in [7, 11) is -2.87. The van der Waals surface area contributed by atoms with Crippen molar-refractivity contribution in [3.63, 3.8) is 0 Å². The van der Waals surface area contributed by atoms with Crippen molar-refractivity contribution < 1.29 is 23.2 Å². The van der Waals surface area contributed by atoms with E-state index in [1.165, 1.54) is 236 Å². The van der Waals surface area contributed by atoms with Gasteiger partial charge in [-0.05, 0) is 62.9 Å². The van der Waals surface area contributed by atoms with E-state index in [0.717, 1.165) is 50.8 Å². The average molecular weight is 1200 g/mol. The molecule has 2 heterocycles. The molecule has 0 aliphatic carbocycles. The van der Waals surface area contributed by atoms with Crippen molar-refractivity contribution in [2.45, 2.75) is 304 Å². The van der Waals surface area contributed by atoms with E-state index in [2.05, 4.69) is 63.9 Å². The van der Waals surface area contributed by atoms with Crippen LogP contribution in [0.2, 0.25) is 0 Å². The maximum absolute atomic E-state index is 12.8. The number of nitrogen functional groups attached to an aromatic ring is 1. The number of nitrogens with one attached hydrogen (secondary N) is 5. The number of rotatable bonds is 57. The normalized spacial score (nSPS) is 11.5. The third-order valence-corrected chi connectivity index (χ3v) is 17.9. The first-order valence-corrected chi connectivity index (χ1v) is 36.6. The molecule has 0 bridgehead atoms. The fraction of sp³-hybridized carbons (Fsp3) is 0.809. The largest absolute Gasteiger partial charge is 0.382 e. The number of amides is 2. The van der Waals surface area contributed by atoms with Crippen LogP contribution in [0.15, 0.2) is 29.1 Å². The molecule has 1 aromatic carbocycles. The number of hydrogen-bond donors (Lipinski definition) is 6. The third kappa shape index (κ3) is 39.8. The number of benzene rings is 1. The monoisotopic (exact) mass is 1200 g/mol. The van der Waals surface area contributed by atoms with Crippen LogP contribution in [0.4, 0.5) is 11.8 Å². The van der Waals surface area contributed by atoms with Crippen molar-refractivity contribution in [1.82, 2.24) is 35.5 Å². The smallest absolute Gasteiger partial charge is 0.330 e. The molecule has 0 aliphatic heterocycles. The molecule has 0 aliphatic rings. The number of unbranched alkanes of at least 4 members (excludes halogenated alkanes) is 36. The maximum Gasteiger partial charge on any atom is 0.330 e. The summed E-state index contributed by atoms with van der Waals surface area (Å²) in [4.78, 5) is 48.9. The maximum atomic E-state index is 12.8. The van der Waals surface area contributed by atoms with Crippen LogP contribution in [0.3, 0.4) is 0 Å². The molecule has 0 atom stereocenters. The summed E-state index contributed by atoms with van der Waals surface area (Å²) >= 11 is 0. The minimum atomic E-state index is -2.87. The Morgan fingerprint density at radius 2 is 0.929 bits per heavy atom. The van der Waals surface area contributed by atoms with Gasteiger partial charge >= 0.3 is 13.3 Å². The standard InChI is InChI=1S/C34H55N9O3.C34H71O3P/c1-3-5-7-8-9-10-11-12-13-14-20-36-21-15-23-37-28(44)24-39-32(45)27-18-16-26(17-19-27)25-43-31-29(40-34(43)46)30(35)41-33(42-31)38-22-6-4-2;1-4-7-9-11-13-15-17-19-21-23-25-27-29-31-33-36-38(35,6-3)37-34-32-30-28-26-24-22-20-18-16-14-12-10-8-5-2/h16-19,36H,3-15,20-25H2,1-2H3,(H,37,44)(H,39,45)(H,40,46)(H3,35,38,41,42);4-34H2,1-3H3. The van der Waals surface area contributed by atoms with Crippen LogP contribution in [-0.4, -0.2) is 83.4 Å². The number of carbonyl (C=O) groups is 2. The Labute approximate surface area is 512 Å². The highest BCUT2D eigenvalue weighted by atomic mass is 31.2. The van der Waals surface area contributed by atoms with Gasteiger partial charge in [0, 0.05) is 24.8 Å². The van der Waals surface area contributed by atoms with Crippen molar-refractivity contribution in [3.8, 4) is 0 Å². The SMILES string of the molecule is CCCCCCCCCCCCCCCCOP(=O)(CC)OCCCCCCCCCCCCCCCC.CCCCCCCCCCCCNCCCNC(=O)CNC(=O)c1ccc(Cn2c(=O)[nH]c3c(N)nc(NCCCC)nc32)cc1. The molecular formula is C68H126N9O6P. The Kier molecular flexibility index (Phi) is 48.6. The lowest BCUT2D eigenvalue weighted by molar-refractivity contribution is -0.120. The van der Waals surface area contributed by atoms with Crippen LogP contribution in [0.25, 0.3) is 11.2 Å². The molecule has 0 saturated carbocycles. The minimum Gasteiger partial charge on any atom is -0.382 e. The second-order valence-electron chi connectivity index (χ2n) is 23.7. The van der Waals surface area contributed by atoms with E-state index in [0.29, 0.717) is 55.1 Å². The van der Waals surface area contributed by atoms with Crippen LogP contribution < -0.4 is 32.7 Å². The molecule has 7 N–H and O–H groups in total. The summed E-state index contributed by atoms with van der Waals surface area (Å²) < 4.78 is 25.8. The zero-order chi connectivity index (χ0) is 60.8. The molecule has 2 amide bonds. The highest BCUT2D eigenvalue weighted by Gasteiger charge is 2.21. The van der Waals surface area contributed by atoms with E-state index in [4.69, 9.17) is 14.8 Å². The van der Waals surface area contributed by atoms with Crippen LogP contribution in [0, 0.1) is 0 Å². The fourth-order valence-corrected chi connectivity index (χ4v) is 11.7. The van der Waals surface area contributed by atoms with Crippen molar-refractivity contribution in [3.05, 3.63) is 45.9 Å². The summed E-state index contributed by atoms with van der Waals surface area (Å²) in [6.45, 7) is 15.3. The molecule has 3 rings (SSSR count). The van der Waals surface area contributed by atoms with Crippen LogP contribution in [0.5, 0.6) is 0 Å². The summed E-state index contributed by atoms with van der Waals surface area (Å²) in [5.74, 6) is 0.0151. The Morgan fingerprint density at radius 1 is 0.512 bits per heavy atom. The van der Waals surface area contributed by atoms with Gasteiger partial charge in [0.05, 0.1) is 26.3 Å². The van der Waals surface area contributed by atoms with Crippen LogP contribution in [0.1, 0.15) is 314 Å². The molecule has 0 saturated heterocycles. The number of anilines is 2. The highest BCUT2D eigenvalue weighted by molar-refractivity contribution is 7.53. The lowest BCUT2D eigenvalue weighted by Gasteiger charge is -2.17. The molecule has 84 heavy (non-hydrogen) atoms. The van der Waals surface area contributed by atoms with Crippen molar-refractivity contribution in [2.24, 2.45) is 0 Å². The second kappa shape index (κ2) is 53.5. The molecular weight excluding hydrogens is 1070 g/mol. The summed E-state index contributed by atoms with van der Waals surface area (Å²) in [5, 5.41) is 12.1. The number of aromatic nitrogens is 4. The van der Waals surface area contributed by atoms with Gasteiger partial charge in [0.2, 0.25) is 11.9 Å². The number of aromatic amines is 1. The number of carbonyl (C=O) groups excluding carboxylic acids is 2. The van der Waals surface area contributed by atoms with Crippen LogP contribution in [-0.2, 0) is 25.0 Å². The Balaban J connectivity index is 0.000000586. The summed E-state index contributed by atoms with van der Waals surface area (Å²) in [5.41, 5.74) is 7.75. The van der Waals surface area contributed by atoms with Gasteiger partial charge in [-0.1, -0.05) is 278 Å². The second-order valence-corrected chi connectivity index (χ2v) is 26.1. The zero-order valence-electron chi connectivity index (χ0n) is 54.5. The van der Waals surface area contributed by atoms with Gasteiger partial charge in [-0.2, -0.15) is 9.97 Å². The first kappa shape index (κ1) is 76.3. The van der Waals surface area contributed by atoms with Gasteiger partial charge in [-0.15, -0.1) is 0 Å². The number of imidazole rings is 1. The van der Waals surface area contributed by atoms with E-state index in [1.807, 2.05) is 6.92 Å². The average Bonchev–Trinajstić information content (AvgIpc) is 4.08. The van der Waals surface area contributed by atoms with Gasteiger partial charge in [0.15, 0.2) is 11.5 Å². The number of fused-ring (bicyclic) bond motifs is 1. The molecule has 2 aromatic heterocycles. The molecule has 3 aromatic rings. The Hall–Kier alpha value is -3.78. The molecule has 0 unspecified atom stereocenters. The summed E-state index contributed by atoms with van der Waals surface area (Å²) in [6, 6.07) is 6.88. The van der Waals surface area contributed by atoms with E-state index >= 15 is 0 Å². The van der Waals surface area contributed by atoms with E-state index in [1.54, 1.807) is 24.3 Å². The number of nitrogens with zero attached hydrogens (tertiary/aromatic N) is 3.